The first-order valence-corrected chi connectivity index (χ1v) is 6.50. The molecule has 1 aromatic carbocycles. The molecule has 1 nitrogen and oxygen atoms in total. The molecule has 1 saturated carbocycles. The van der Waals surface area contributed by atoms with E-state index in [2.05, 4.69) is 43.4 Å². The lowest BCUT2D eigenvalue weighted by Crippen LogP contribution is -2.23. The van der Waals surface area contributed by atoms with Crippen LogP contribution in [0.15, 0.2) is 24.3 Å². The Kier molecular flexibility index (Phi) is 3.65. The summed E-state index contributed by atoms with van der Waals surface area (Å²) in [6.45, 7) is 6.65. The minimum absolute atomic E-state index is 0.666. The van der Waals surface area contributed by atoms with Crippen molar-refractivity contribution in [2.45, 2.75) is 46.1 Å². The predicted octanol–water partition coefficient (Wildman–Crippen LogP) is 3.66. The van der Waals surface area contributed by atoms with Crippen molar-refractivity contribution in [3.8, 4) is 0 Å². The van der Waals surface area contributed by atoms with Crippen LogP contribution in [0.3, 0.4) is 0 Å². The first-order chi connectivity index (χ1) is 7.74. The first-order valence-electron chi connectivity index (χ1n) is 6.50. The summed E-state index contributed by atoms with van der Waals surface area (Å²) in [5.74, 6) is 0. The van der Waals surface area contributed by atoms with Gasteiger partial charge in [0.25, 0.3) is 0 Å². The number of nitrogens with one attached hydrogen (secondary N) is 1. The maximum Gasteiger partial charge on any atom is 0.0205 e. The van der Waals surface area contributed by atoms with Gasteiger partial charge in [0.15, 0.2) is 0 Å². The number of benzene rings is 1. The average molecular weight is 217 g/mol. The molecule has 1 aliphatic carbocycles. The Morgan fingerprint density at radius 2 is 1.88 bits per heavy atom. The molecule has 0 radical (unpaired) electrons. The standard InChI is InChI=1S/C15H23N/c1-3-8-15(9-10-15)12-16-11-14-6-4-13(2)5-7-14/h4-7,16H,3,8-12H2,1-2H3. The summed E-state index contributed by atoms with van der Waals surface area (Å²) in [7, 11) is 0. The van der Waals surface area contributed by atoms with Gasteiger partial charge in [0.2, 0.25) is 0 Å². The molecular formula is C15H23N. The third-order valence-electron chi connectivity index (χ3n) is 3.69. The normalized spacial score (nSPS) is 17.4. The van der Waals surface area contributed by atoms with E-state index in [0.29, 0.717) is 5.41 Å². The Morgan fingerprint density at radius 3 is 2.44 bits per heavy atom. The fourth-order valence-electron chi connectivity index (χ4n) is 2.40. The highest BCUT2D eigenvalue weighted by Gasteiger charge is 2.40. The van der Waals surface area contributed by atoms with Crippen LogP contribution in [0.25, 0.3) is 0 Å². The van der Waals surface area contributed by atoms with Gasteiger partial charge in [-0.15, -0.1) is 0 Å². The number of hydrogen-bond donors (Lipinski definition) is 1. The summed E-state index contributed by atoms with van der Waals surface area (Å²) >= 11 is 0. The Bertz CT molecular complexity index is 322. The van der Waals surface area contributed by atoms with Crippen molar-refractivity contribution in [3.63, 3.8) is 0 Å². The van der Waals surface area contributed by atoms with Gasteiger partial charge < -0.3 is 5.32 Å². The van der Waals surface area contributed by atoms with Crippen LogP contribution in [0, 0.1) is 12.3 Å². The van der Waals surface area contributed by atoms with Gasteiger partial charge in [0.1, 0.15) is 0 Å². The van der Waals surface area contributed by atoms with Crippen LogP contribution in [0.5, 0.6) is 0 Å². The van der Waals surface area contributed by atoms with Crippen molar-refractivity contribution in [2.24, 2.45) is 5.41 Å². The number of hydrogen-bond acceptors (Lipinski definition) is 1. The van der Waals surface area contributed by atoms with Crippen molar-refractivity contribution in [1.29, 1.82) is 0 Å². The molecule has 0 aromatic heterocycles. The molecule has 0 saturated heterocycles. The molecule has 0 spiro atoms. The van der Waals surface area contributed by atoms with E-state index < -0.39 is 0 Å². The van der Waals surface area contributed by atoms with E-state index in [1.165, 1.54) is 43.4 Å². The summed E-state index contributed by atoms with van der Waals surface area (Å²) in [5, 5.41) is 3.61. The number of rotatable bonds is 6. The van der Waals surface area contributed by atoms with Crippen molar-refractivity contribution in [1.82, 2.24) is 5.32 Å². The fraction of sp³-hybridized carbons (Fsp3) is 0.600. The highest BCUT2D eigenvalue weighted by molar-refractivity contribution is 5.21. The molecule has 0 unspecified atom stereocenters. The predicted molar refractivity (Wildman–Crippen MR) is 69.5 cm³/mol. The molecule has 1 aliphatic rings. The van der Waals surface area contributed by atoms with Crippen molar-refractivity contribution < 1.29 is 0 Å². The van der Waals surface area contributed by atoms with Crippen LogP contribution in [-0.2, 0) is 6.54 Å². The lowest BCUT2D eigenvalue weighted by atomic mass is 10.0. The zero-order valence-corrected chi connectivity index (χ0v) is 10.6. The zero-order valence-electron chi connectivity index (χ0n) is 10.6. The maximum atomic E-state index is 3.61. The van der Waals surface area contributed by atoms with Crippen molar-refractivity contribution in [3.05, 3.63) is 35.4 Å². The summed E-state index contributed by atoms with van der Waals surface area (Å²) in [6, 6.07) is 8.83. The van der Waals surface area contributed by atoms with E-state index >= 15 is 0 Å². The van der Waals surface area contributed by atoms with Gasteiger partial charge in [0, 0.05) is 13.1 Å². The lowest BCUT2D eigenvalue weighted by Gasteiger charge is -2.14. The molecule has 0 heterocycles. The summed E-state index contributed by atoms with van der Waals surface area (Å²) in [4.78, 5) is 0. The van der Waals surface area contributed by atoms with E-state index in [-0.39, 0.29) is 0 Å². The van der Waals surface area contributed by atoms with Gasteiger partial charge >= 0.3 is 0 Å². The van der Waals surface area contributed by atoms with Crippen LogP contribution in [-0.4, -0.2) is 6.54 Å². The first kappa shape index (κ1) is 11.7. The van der Waals surface area contributed by atoms with Gasteiger partial charge in [-0.2, -0.15) is 0 Å². The van der Waals surface area contributed by atoms with Crippen LogP contribution < -0.4 is 5.32 Å². The van der Waals surface area contributed by atoms with Gasteiger partial charge in [-0.05, 0) is 37.2 Å². The highest BCUT2D eigenvalue weighted by atomic mass is 14.9. The van der Waals surface area contributed by atoms with E-state index in [0.717, 1.165) is 6.54 Å². The van der Waals surface area contributed by atoms with E-state index in [9.17, 15) is 0 Å². The maximum absolute atomic E-state index is 3.61. The smallest absolute Gasteiger partial charge is 0.0205 e. The Labute approximate surface area is 99.3 Å². The minimum Gasteiger partial charge on any atom is -0.312 e. The van der Waals surface area contributed by atoms with Crippen LogP contribution >= 0.6 is 0 Å². The van der Waals surface area contributed by atoms with E-state index in [1.54, 1.807) is 0 Å². The molecular weight excluding hydrogens is 194 g/mol. The third-order valence-corrected chi connectivity index (χ3v) is 3.69. The molecule has 0 amide bonds. The molecule has 1 aromatic rings. The second-order valence-electron chi connectivity index (χ2n) is 5.34. The summed E-state index contributed by atoms with van der Waals surface area (Å²) < 4.78 is 0. The van der Waals surface area contributed by atoms with Crippen LogP contribution in [0.2, 0.25) is 0 Å². The van der Waals surface area contributed by atoms with Gasteiger partial charge in [-0.3, -0.25) is 0 Å². The second kappa shape index (κ2) is 5.01. The van der Waals surface area contributed by atoms with Crippen LogP contribution in [0.4, 0.5) is 0 Å². The molecule has 1 heteroatoms. The van der Waals surface area contributed by atoms with Gasteiger partial charge in [-0.25, -0.2) is 0 Å². The molecule has 1 fully saturated rings. The van der Waals surface area contributed by atoms with E-state index in [1.807, 2.05) is 0 Å². The molecule has 0 atom stereocenters. The summed E-state index contributed by atoms with van der Waals surface area (Å²) in [5.41, 5.74) is 3.41. The molecule has 16 heavy (non-hydrogen) atoms. The lowest BCUT2D eigenvalue weighted by molar-refractivity contribution is 0.421. The largest absolute Gasteiger partial charge is 0.312 e. The number of aryl methyl sites for hydroxylation is 1. The molecule has 0 bridgehead atoms. The quantitative estimate of drug-likeness (QED) is 0.766. The Balaban J connectivity index is 1.74. The Morgan fingerprint density at radius 1 is 1.19 bits per heavy atom. The molecule has 2 rings (SSSR count). The molecule has 0 aliphatic heterocycles. The molecule has 88 valence electrons. The van der Waals surface area contributed by atoms with Crippen molar-refractivity contribution in [2.75, 3.05) is 6.54 Å². The van der Waals surface area contributed by atoms with E-state index in [4.69, 9.17) is 0 Å². The molecule has 1 N–H and O–H groups in total. The zero-order chi connectivity index (χ0) is 11.4. The highest BCUT2D eigenvalue weighted by Crippen LogP contribution is 2.48. The van der Waals surface area contributed by atoms with Gasteiger partial charge in [-0.1, -0.05) is 43.2 Å². The van der Waals surface area contributed by atoms with Crippen molar-refractivity contribution >= 4 is 0 Å². The summed E-state index contributed by atoms with van der Waals surface area (Å²) in [6.07, 6.45) is 5.59. The third kappa shape index (κ3) is 3.08. The van der Waals surface area contributed by atoms with Gasteiger partial charge in [0.05, 0.1) is 0 Å². The monoisotopic (exact) mass is 217 g/mol. The minimum atomic E-state index is 0.666. The SMILES string of the molecule is CCCC1(CNCc2ccc(C)cc2)CC1. The second-order valence-corrected chi connectivity index (χ2v) is 5.34. The fourth-order valence-corrected chi connectivity index (χ4v) is 2.40. The van der Waals surface area contributed by atoms with Crippen LogP contribution in [0.1, 0.15) is 43.7 Å². The topological polar surface area (TPSA) is 12.0 Å². The Hall–Kier alpha value is -0.820. The average Bonchev–Trinajstić information content (AvgIpc) is 3.02.